The van der Waals surface area contributed by atoms with Crippen LogP contribution in [0.4, 0.5) is 0 Å². The van der Waals surface area contributed by atoms with E-state index in [1.54, 1.807) is 0 Å². The fourth-order valence-corrected chi connectivity index (χ4v) is 6.97. The van der Waals surface area contributed by atoms with Crippen molar-refractivity contribution in [3.05, 3.63) is 121 Å². The predicted molar refractivity (Wildman–Crippen MR) is 132 cm³/mol. The van der Waals surface area contributed by atoms with Crippen molar-refractivity contribution in [1.82, 2.24) is 0 Å². The van der Waals surface area contributed by atoms with Crippen LogP contribution < -0.4 is 0 Å². The Morgan fingerprint density at radius 3 is 0.933 bits per heavy atom. The van der Waals surface area contributed by atoms with Gasteiger partial charge in [0, 0.05) is 21.7 Å². The molecule has 0 saturated heterocycles. The molecule has 5 aromatic rings. The molecule has 5 rings (SSSR count). The fourth-order valence-electron chi connectivity index (χ4n) is 4.02. The molecule has 2 heteroatoms. The SMILES string of the molecule is Clp1c(-c2ccccc2)c(-c2ccccc2)c(-c2ccccc2)c1-c1ccccc1. The molecule has 0 aliphatic heterocycles. The van der Waals surface area contributed by atoms with Crippen molar-refractivity contribution >= 4 is 18.1 Å². The van der Waals surface area contributed by atoms with E-state index < -0.39 is 6.89 Å². The van der Waals surface area contributed by atoms with Crippen molar-refractivity contribution in [2.45, 2.75) is 0 Å². The average molecular weight is 423 g/mol. The van der Waals surface area contributed by atoms with E-state index in [0.29, 0.717) is 0 Å². The summed E-state index contributed by atoms with van der Waals surface area (Å²) in [7, 11) is 0. The highest BCUT2D eigenvalue weighted by atomic mass is 35.7. The minimum Gasteiger partial charge on any atom is -0.0622 e. The van der Waals surface area contributed by atoms with Crippen molar-refractivity contribution in [2.24, 2.45) is 0 Å². The lowest BCUT2D eigenvalue weighted by Gasteiger charge is -2.11. The van der Waals surface area contributed by atoms with Gasteiger partial charge in [-0.3, -0.25) is 0 Å². The molecule has 0 amide bonds. The van der Waals surface area contributed by atoms with Crippen LogP contribution in [0.2, 0.25) is 0 Å². The lowest BCUT2D eigenvalue weighted by molar-refractivity contribution is 1.61. The van der Waals surface area contributed by atoms with E-state index in [1.165, 1.54) is 44.0 Å². The smallest absolute Gasteiger partial charge is 0.0249 e. The molecule has 144 valence electrons. The van der Waals surface area contributed by atoms with Crippen molar-refractivity contribution in [3.8, 4) is 44.0 Å². The Kier molecular flexibility index (Phi) is 5.28. The molecule has 0 bridgehead atoms. The van der Waals surface area contributed by atoms with Gasteiger partial charge in [0.25, 0.3) is 0 Å². The molecule has 30 heavy (non-hydrogen) atoms. The lowest BCUT2D eigenvalue weighted by Crippen LogP contribution is -1.85. The first-order valence-corrected chi connectivity index (χ1v) is 12.3. The topological polar surface area (TPSA) is 0 Å². The highest BCUT2D eigenvalue weighted by Crippen LogP contribution is 2.63. The van der Waals surface area contributed by atoms with Crippen LogP contribution in [0.25, 0.3) is 44.0 Å². The van der Waals surface area contributed by atoms with Gasteiger partial charge >= 0.3 is 0 Å². The van der Waals surface area contributed by atoms with Gasteiger partial charge in [-0.1, -0.05) is 133 Å². The summed E-state index contributed by atoms with van der Waals surface area (Å²) < 4.78 is 0. The molecular weight excluding hydrogens is 403 g/mol. The molecule has 1 aromatic heterocycles. The zero-order valence-corrected chi connectivity index (χ0v) is 18.0. The van der Waals surface area contributed by atoms with Gasteiger partial charge in [-0.25, -0.2) is 0 Å². The normalized spacial score (nSPS) is 10.8. The van der Waals surface area contributed by atoms with Crippen LogP contribution in [0.1, 0.15) is 0 Å². The molecule has 0 spiro atoms. The van der Waals surface area contributed by atoms with Crippen molar-refractivity contribution in [3.63, 3.8) is 0 Å². The Balaban J connectivity index is 1.95. The van der Waals surface area contributed by atoms with Crippen LogP contribution in [0.3, 0.4) is 0 Å². The zero-order valence-electron chi connectivity index (χ0n) is 16.4. The number of benzene rings is 4. The Bertz CT molecular complexity index is 1160. The first-order valence-electron chi connectivity index (χ1n) is 10.0. The molecule has 0 aliphatic rings. The highest BCUT2D eigenvalue weighted by molar-refractivity contribution is 7.82. The lowest BCUT2D eigenvalue weighted by atomic mass is 9.91. The molecule has 0 unspecified atom stereocenters. The Morgan fingerprint density at radius 1 is 0.367 bits per heavy atom. The summed E-state index contributed by atoms with van der Waals surface area (Å²) in [4.78, 5) is 0. The fraction of sp³-hybridized carbons (Fsp3) is 0. The van der Waals surface area contributed by atoms with E-state index >= 15 is 0 Å². The third kappa shape index (κ3) is 3.39. The van der Waals surface area contributed by atoms with Crippen LogP contribution in [-0.2, 0) is 0 Å². The Morgan fingerprint density at radius 2 is 0.633 bits per heavy atom. The molecule has 0 fully saturated rings. The standard InChI is InChI=1S/C28H20ClP/c29-30-27(23-17-9-3-10-18-23)25(21-13-5-1-6-14-21)26(22-15-7-2-8-16-22)28(30)24-19-11-4-12-20-24/h1-20H. The van der Waals surface area contributed by atoms with E-state index in [9.17, 15) is 0 Å². The van der Waals surface area contributed by atoms with E-state index in [4.69, 9.17) is 11.2 Å². The van der Waals surface area contributed by atoms with Crippen LogP contribution in [0, 0.1) is 0 Å². The second-order valence-electron chi connectivity index (χ2n) is 7.19. The maximum atomic E-state index is 7.35. The van der Waals surface area contributed by atoms with Gasteiger partial charge in [-0.2, -0.15) is 0 Å². The molecular formula is C28H20ClP. The minimum atomic E-state index is -1.04. The van der Waals surface area contributed by atoms with Gasteiger partial charge in [0.2, 0.25) is 0 Å². The van der Waals surface area contributed by atoms with Crippen molar-refractivity contribution < 1.29 is 0 Å². The molecule has 0 N–H and O–H groups in total. The average Bonchev–Trinajstić information content (AvgIpc) is 3.14. The molecule has 4 aromatic carbocycles. The number of rotatable bonds is 4. The summed E-state index contributed by atoms with van der Waals surface area (Å²) in [5.74, 6) is 0. The summed E-state index contributed by atoms with van der Waals surface area (Å²) in [6.45, 7) is -1.04. The Labute approximate surface area is 183 Å². The number of hydrogen-bond acceptors (Lipinski definition) is 0. The van der Waals surface area contributed by atoms with Gasteiger partial charge in [-0.05, 0) is 29.1 Å². The summed E-state index contributed by atoms with van der Waals surface area (Å²) in [6.07, 6.45) is 0. The first-order chi connectivity index (χ1) is 14.8. The quantitative estimate of drug-likeness (QED) is 0.270. The van der Waals surface area contributed by atoms with E-state index in [2.05, 4.69) is 121 Å². The minimum absolute atomic E-state index is 1.04. The molecule has 1 heterocycles. The van der Waals surface area contributed by atoms with Crippen LogP contribution in [0.15, 0.2) is 121 Å². The summed E-state index contributed by atoms with van der Waals surface area (Å²) in [6, 6.07) is 42.5. The van der Waals surface area contributed by atoms with Crippen LogP contribution in [0.5, 0.6) is 0 Å². The third-order valence-electron chi connectivity index (χ3n) is 5.34. The molecule has 0 atom stereocenters. The second-order valence-corrected chi connectivity index (χ2v) is 9.66. The van der Waals surface area contributed by atoms with Gasteiger partial charge in [0.15, 0.2) is 0 Å². The number of hydrogen-bond donors (Lipinski definition) is 0. The summed E-state index contributed by atoms with van der Waals surface area (Å²) in [5, 5.41) is 2.47. The van der Waals surface area contributed by atoms with E-state index in [0.717, 1.165) is 0 Å². The largest absolute Gasteiger partial charge is 0.0622 e. The summed E-state index contributed by atoms with van der Waals surface area (Å²) >= 11 is 7.35. The second kappa shape index (κ2) is 8.36. The maximum absolute atomic E-state index is 7.35. The first kappa shape index (κ1) is 18.9. The molecule has 0 nitrogen and oxygen atoms in total. The molecule has 0 saturated carbocycles. The Hall–Kier alpha value is -3.05. The van der Waals surface area contributed by atoms with Crippen molar-refractivity contribution in [2.75, 3.05) is 0 Å². The molecule has 0 radical (unpaired) electrons. The van der Waals surface area contributed by atoms with E-state index in [1.807, 2.05) is 0 Å². The monoisotopic (exact) mass is 422 g/mol. The van der Waals surface area contributed by atoms with Gasteiger partial charge in [0.1, 0.15) is 0 Å². The van der Waals surface area contributed by atoms with Gasteiger partial charge in [-0.15, -0.1) is 0 Å². The van der Waals surface area contributed by atoms with Gasteiger partial charge in [0.05, 0.1) is 0 Å². The van der Waals surface area contributed by atoms with E-state index in [-0.39, 0.29) is 0 Å². The van der Waals surface area contributed by atoms with Crippen LogP contribution in [-0.4, -0.2) is 0 Å². The zero-order chi connectivity index (χ0) is 20.3. The van der Waals surface area contributed by atoms with Gasteiger partial charge < -0.3 is 0 Å². The molecule has 0 aliphatic carbocycles. The van der Waals surface area contributed by atoms with Crippen LogP contribution >= 0.6 is 18.1 Å². The predicted octanol–water partition coefficient (Wildman–Crippen LogP) is 9.34. The number of halogens is 1. The van der Waals surface area contributed by atoms with Crippen molar-refractivity contribution in [1.29, 1.82) is 0 Å². The highest BCUT2D eigenvalue weighted by Gasteiger charge is 2.26. The summed E-state index contributed by atoms with van der Waals surface area (Å²) in [5.41, 5.74) is 7.28. The maximum Gasteiger partial charge on any atom is 0.0249 e. The third-order valence-corrected chi connectivity index (χ3v) is 8.10.